The second-order valence-electron chi connectivity index (χ2n) is 4.61. The van der Waals surface area contributed by atoms with E-state index in [4.69, 9.17) is 5.11 Å². The zero-order chi connectivity index (χ0) is 13.3. The van der Waals surface area contributed by atoms with E-state index in [0.717, 1.165) is 11.3 Å². The number of anilines is 1. The van der Waals surface area contributed by atoms with Gasteiger partial charge in [-0.15, -0.1) is 0 Å². The van der Waals surface area contributed by atoms with Crippen molar-refractivity contribution in [3.8, 4) is 0 Å². The van der Waals surface area contributed by atoms with Crippen molar-refractivity contribution in [3.05, 3.63) is 29.8 Å². The molecule has 1 amide bonds. The van der Waals surface area contributed by atoms with Crippen LogP contribution in [0.25, 0.3) is 0 Å². The van der Waals surface area contributed by atoms with Crippen LogP contribution in [0.4, 0.5) is 5.69 Å². The minimum absolute atomic E-state index is 0.0705. The lowest BCUT2D eigenvalue weighted by Crippen LogP contribution is -2.57. The van der Waals surface area contributed by atoms with Crippen LogP contribution >= 0.6 is 0 Å². The van der Waals surface area contributed by atoms with Crippen LogP contribution in [0.2, 0.25) is 0 Å². The molecule has 1 aromatic rings. The molecule has 1 saturated heterocycles. The van der Waals surface area contributed by atoms with Gasteiger partial charge in [0, 0.05) is 5.69 Å². The lowest BCUT2D eigenvalue weighted by Gasteiger charge is -2.36. The van der Waals surface area contributed by atoms with Gasteiger partial charge in [-0.25, -0.2) is 0 Å². The molecule has 1 aliphatic rings. The van der Waals surface area contributed by atoms with E-state index in [1.54, 1.807) is 11.9 Å². The summed E-state index contributed by atoms with van der Waals surface area (Å²) in [5, 5.41) is 9.12. The molecule has 0 saturated carbocycles. The summed E-state index contributed by atoms with van der Waals surface area (Å²) in [4.78, 5) is 26.2. The number of carboxylic acids is 1. The molecule has 2 rings (SSSR count). The maximum absolute atomic E-state index is 11.9. The third-order valence-corrected chi connectivity index (χ3v) is 3.20. The number of hydrogen-bond acceptors (Lipinski definition) is 3. The van der Waals surface area contributed by atoms with Gasteiger partial charge in [0.1, 0.15) is 6.04 Å². The molecule has 0 aromatic heterocycles. The molecule has 1 aromatic carbocycles. The number of aliphatic carboxylic acids is 1. The topological polar surface area (TPSA) is 60.9 Å². The van der Waals surface area contributed by atoms with E-state index in [0.29, 0.717) is 0 Å². The number of piperazine rings is 1. The molecule has 5 nitrogen and oxygen atoms in total. The fraction of sp³-hybridized carbons (Fsp3) is 0.385. The predicted molar refractivity (Wildman–Crippen MR) is 67.6 cm³/mol. The van der Waals surface area contributed by atoms with Crippen LogP contribution in [-0.4, -0.2) is 48.1 Å². The van der Waals surface area contributed by atoms with Crippen LogP contribution in [0.3, 0.4) is 0 Å². The Labute approximate surface area is 106 Å². The summed E-state index contributed by atoms with van der Waals surface area (Å²) < 4.78 is 0. The summed E-state index contributed by atoms with van der Waals surface area (Å²) in [5.74, 6) is -0.971. The lowest BCUT2D eigenvalue weighted by atomic mass is 10.1. The van der Waals surface area contributed by atoms with Crippen LogP contribution in [0.15, 0.2) is 24.3 Å². The number of carboxylic acid groups (broad SMARTS) is 1. The first-order valence-electron chi connectivity index (χ1n) is 5.79. The first-order chi connectivity index (χ1) is 8.49. The molecule has 0 spiro atoms. The number of nitrogens with zero attached hydrogens (tertiary/aromatic N) is 2. The summed E-state index contributed by atoms with van der Waals surface area (Å²) in [7, 11) is 1.66. The smallest absolute Gasteiger partial charge is 0.322 e. The van der Waals surface area contributed by atoms with Crippen LogP contribution in [0, 0.1) is 6.92 Å². The number of likely N-dealkylation sites (N-methyl/N-ethyl adjacent to an activating group) is 1. The molecule has 1 unspecified atom stereocenters. The number of amides is 1. The van der Waals surface area contributed by atoms with Crippen molar-refractivity contribution in [2.24, 2.45) is 0 Å². The zero-order valence-electron chi connectivity index (χ0n) is 10.5. The maximum atomic E-state index is 11.9. The average Bonchev–Trinajstić information content (AvgIpc) is 2.30. The van der Waals surface area contributed by atoms with Crippen molar-refractivity contribution < 1.29 is 14.7 Å². The Kier molecular flexibility index (Phi) is 3.34. The molecule has 1 heterocycles. The Morgan fingerprint density at radius 1 is 1.33 bits per heavy atom. The Morgan fingerprint density at radius 3 is 2.50 bits per heavy atom. The minimum Gasteiger partial charge on any atom is -0.480 e. The summed E-state index contributed by atoms with van der Waals surface area (Å²) >= 11 is 0. The number of hydrogen-bond donors (Lipinski definition) is 1. The van der Waals surface area contributed by atoms with E-state index in [2.05, 4.69) is 0 Å². The quantitative estimate of drug-likeness (QED) is 0.838. The van der Waals surface area contributed by atoms with Gasteiger partial charge in [0.05, 0.1) is 13.1 Å². The van der Waals surface area contributed by atoms with E-state index in [9.17, 15) is 9.59 Å². The van der Waals surface area contributed by atoms with Gasteiger partial charge in [-0.05, 0) is 26.1 Å². The normalized spacial score (nSPS) is 21.1. The number of benzene rings is 1. The van der Waals surface area contributed by atoms with Crippen molar-refractivity contribution in [3.63, 3.8) is 0 Å². The zero-order valence-corrected chi connectivity index (χ0v) is 10.5. The number of carbonyl (C=O) groups is 2. The summed E-state index contributed by atoms with van der Waals surface area (Å²) in [6, 6.07) is 6.87. The maximum Gasteiger partial charge on any atom is 0.322 e. The molecule has 0 aliphatic carbocycles. The average molecular weight is 248 g/mol. The molecular formula is C13H16N2O3. The van der Waals surface area contributed by atoms with Gasteiger partial charge < -0.3 is 10.0 Å². The second-order valence-corrected chi connectivity index (χ2v) is 4.61. The Balaban J connectivity index is 2.24. The van der Waals surface area contributed by atoms with Crippen LogP contribution in [0.1, 0.15) is 5.56 Å². The standard InChI is InChI=1S/C13H16N2O3/c1-9-3-5-10(6-4-9)15-7-11(13(17)18)14(2)8-12(15)16/h3-6,11H,7-8H2,1-2H3,(H,17,18). The van der Waals surface area contributed by atoms with Gasteiger partial charge in [-0.1, -0.05) is 17.7 Å². The fourth-order valence-electron chi connectivity index (χ4n) is 2.06. The highest BCUT2D eigenvalue weighted by molar-refractivity contribution is 5.97. The van der Waals surface area contributed by atoms with E-state index >= 15 is 0 Å². The molecule has 1 N–H and O–H groups in total. The highest BCUT2D eigenvalue weighted by Gasteiger charge is 2.34. The summed E-state index contributed by atoms with van der Waals surface area (Å²) in [6.07, 6.45) is 0. The van der Waals surface area contributed by atoms with Gasteiger partial charge in [0.15, 0.2) is 0 Å². The number of aryl methyl sites for hydroxylation is 1. The van der Waals surface area contributed by atoms with Crippen molar-refractivity contribution in [2.75, 3.05) is 25.0 Å². The predicted octanol–water partition coefficient (Wildman–Crippen LogP) is 0.727. The molecule has 1 fully saturated rings. The SMILES string of the molecule is Cc1ccc(N2CC(C(=O)O)N(C)CC2=O)cc1. The molecule has 1 aliphatic heterocycles. The van der Waals surface area contributed by atoms with E-state index in [1.165, 1.54) is 4.90 Å². The van der Waals surface area contributed by atoms with Crippen molar-refractivity contribution >= 4 is 17.6 Å². The Morgan fingerprint density at radius 2 is 1.94 bits per heavy atom. The highest BCUT2D eigenvalue weighted by Crippen LogP contribution is 2.20. The third kappa shape index (κ3) is 2.36. The van der Waals surface area contributed by atoms with Crippen LogP contribution in [-0.2, 0) is 9.59 Å². The first kappa shape index (κ1) is 12.6. The van der Waals surface area contributed by atoms with Gasteiger partial charge in [0.25, 0.3) is 0 Å². The van der Waals surface area contributed by atoms with Gasteiger partial charge in [-0.3, -0.25) is 14.5 Å². The minimum atomic E-state index is -0.901. The molecule has 18 heavy (non-hydrogen) atoms. The van der Waals surface area contributed by atoms with Crippen molar-refractivity contribution in [1.29, 1.82) is 0 Å². The molecule has 5 heteroatoms. The molecule has 1 atom stereocenters. The largest absolute Gasteiger partial charge is 0.480 e. The van der Waals surface area contributed by atoms with E-state index < -0.39 is 12.0 Å². The first-order valence-corrected chi connectivity index (χ1v) is 5.79. The Hall–Kier alpha value is -1.88. The van der Waals surface area contributed by atoms with Crippen molar-refractivity contribution in [1.82, 2.24) is 4.90 Å². The molecule has 96 valence electrons. The van der Waals surface area contributed by atoms with Gasteiger partial charge in [0.2, 0.25) is 5.91 Å². The van der Waals surface area contributed by atoms with Crippen LogP contribution < -0.4 is 4.90 Å². The number of rotatable bonds is 2. The van der Waals surface area contributed by atoms with E-state index in [-0.39, 0.29) is 19.0 Å². The molecule has 0 radical (unpaired) electrons. The number of carbonyl (C=O) groups excluding carboxylic acids is 1. The van der Waals surface area contributed by atoms with Crippen LogP contribution in [0.5, 0.6) is 0 Å². The van der Waals surface area contributed by atoms with E-state index in [1.807, 2.05) is 31.2 Å². The van der Waals surface area contributed by atoms with Gasteiger partial charge >= 0.3 is 5.97 Å². The summed E-state index contributed by atoms with van der Waals surface area (Å²) in [5.41, 5.74) is 1.86. The Bertz CT molecular complexity index is 470. The molecule has 0 bridgehead atoms. The van der Waals surface area contributed by atoms with Crippen molar-refractivity contribution in [2.45, 2.75) is 13.0 Å². The molecular weight excluding hydrogens is 232 g/mol. The summed E-state index contributed by atoms with van der Waals surface area (Å²) in [6.45, 7) is 2.29. The third-order valence-electron chi connectivity index (χ3n) is 3.20. The fourth-order valence-corrected chi connectivity index (χ4v) is 2.06. The lowest BCUT2D eigenvalue weighted by molar-refractivity contribution is -0.144. The highest BCUT2D eigenvalue weighted by atomic mass is 16.4. The van der Waals surface area contributed by atoms with Gasteiger partial charge in [-0.2, -0.15) is 0 Å². The monoisotopic (exact) mass is 248 g/mol. The second kappa shape index (κ2) is 4.78.